The average molecular weight is 734 g/mol. The van der Waals surface area contributed by atoms with E-state index in [-0.39, 0.29) is 42.1 Å². The van der Waals surface area contributed by atoms with E-state index in [9.17, 15) is 24.0 Å². The quantitative estimate of drug-likeness (QED) is 0.102. The summed E-state index contributed by atoms with van der Waals surface area (Å²) in [5, 5.41) is 11.4. The van der Waals surface area contributed by atoms with Crippen molar-refractivity contribution in [3.63, 3.8) is 0 Å². The van der Waals surface area contributed by atoms with E-state index in [4.69, 9.17) is 0 Å². The standard InChI is InChI=1S/C28H40N6O2.C6H9NO2.C4H6O.C3H8/c1-20(2)26(29-3)28(36)30-16-6-5-9-25(35)31-18-22-12-10-21(11-13-22)14-15-23-19-32-27(33-23)24-8-7-17-34(24)4;8-4-3-7-6(9)5-1-2-5;5-3-4-1-2-4;1-3-2/h10-13,19-20,24,26,29H,5-9,16-18H2,1-4H3,(H,30,36)(H,31,35)(H,32,33);4-5H,1-3H2,(H,7,9);3-4H,1-2H2;3H2,1-2H3. The first-order valence-electron chi connectivity index (χ1n) is 19.3. The molecule has 12 heteroatoms. The SMILES string of the molecule is CCC.CNC(C(=O)NCCCCC(=O)NCc1ccc(C#Cc2cnc(C3CCCN3C)[nH]2)cc1)C(C)C.O=CC1CC1.O=CCNC(=O)C1CC1. The second-order valence-corrected chi connectivity index (χ2v) is 14.2. The van der Waals surface area contributed by atoms with Gasteiger partial charge in [-0.2, -0.15) is 0 Å². The number of rotatable bonds is 15. The summed E-state index contributed by atoms with van der Waals surface area (Å²) in [5.74, 6) is 8.28. The van der Waals surface area contributed by atoms with Crippen LogP contribution in [-0.4, -0.2) is 84.9 Å². The van der Waals surface area contributed by atoms with Crippen LogP contribution in [0.4, 0.5) is 0 Å². The van der Waals surface area contributed by atoms with Gasteiger partial charge in [0.15, 0.2) is 0 Å². The predicted octanol–water partition coefficient (Wildman–Crippen LogP) is 4.45. The third-order valence-electron chi connectivity index (χ3n) is 8.73. The van der Waals surface area contributed by atoms with Crippen molar-refractivity contribution in [2.24, 2.45) is 17.8 Å². The highest BCUT2D eigenvalue weighted by Crippen LogP contribution is 2.29. The van der Waals surface area contributed by atoms with E-state index in [0.717, 1.165) is 80.4 Å². The number of H-pyrrole nitrogens is 1. The van der Waals surface area contributed by atoms with Gasteiger partial charge in [-0.25, -0.2) is 4.98 Å². The predicted molar refractivity (Wildman–Crippen MR) is 209 cm³/mol. The van der Waals surface area contributed by atoms with Gasteiger partial charge in [0, 0.05) is 36.9 Å². The molecule has 12 nitrogen and oxygen atoms in total. The highest BCUT2D eigenvalue weighted by Gasteiger charge is 2.29. The number of hydrogen-bond donors (Lipinski definition) is 5. The summed E-state index contributed by atoms with van der Waals surface area (Å²) in [4.78, 5) is 64.4. The van der Waals surface area contributed by atoms with Crippen LogP contribution in [0.2, 0.25) is 0 Å². The molecule has 2 aliphatic carbocycles. The highest BCUT2D eigenvalue weighted by atomic mass is 16.2. The number of carbonyl (C=O) groups excluding carboxylic acids is 5. The number of amides is 3. The molecule has 2 heterocycles. The molecule has 3 aliphatic rings. The molecule has 2 atom stereocenters. The average Bonchev–Trinajstić information content (AvgIpc) is 4.08. The number of likely N-dealkylation sites (tertiary alicyclic amines) is 1. The van der Waals surface area contributed by atoms with Crippen LogP contribution in [0.25, 0.3) is 0 Å². The van der Waals surface area contributed by atoms with Gasteiger partial charge in [-0.1, -0.05) is 52.2 Å². The third-order valence-corrected chi connectivity index (χ3v) is 8.73. The van der Waals surface area contributed by atoms with Gasteiger partial charge in [-0.05, 0) is 102 Å². The minimum Gasteiger partial charge on any atom is -0.355 e. The zero-order valence-electron chi connectivity index (χ0n) is 32.8. The maximum Gasteiger partial charge on any atom is 0.237 e. The number of hydrogen-bond acceptors (Lipinski definition) is 8. The lowest BCUT2D eigenvalue weighted by atomic mass is 10.0. The molecule has 0 radical (unpaired) electrons. The lowest BCUT2D eigenvalue weighted by molar-refractivity contribution is -0.124. The maximum absolute atomic E-state index is 12.2. The van der Waals surface area contributed by atoms with Gasteiger partial charge in [0.05, 0.1) is 24.8 Å². The fourth-order valence-electron chi connectivity index (χ4n) is 5.32. The minimum atomic E-state index is -0.187. The molecule has 0 spiro atoms. The van der Waals surface area contributed by atoms with Gasteiger partial charge in [0.1, 0.15) is 24.1 Å². The zero-order valence-corrected chi connectivity index (χ0v) is 32.8. The number of nitrogens with one attached hydrogen (secondary N) is 5. The maximum atomic E-state index is 12.2. The molecule has 292 valence electrons. The number of likely N-dealkylation sites (N-methyl/N-ethyl adjacent to an activating group) is 1. The van der Waals surface area contributed by atoms with E-state index < -0.39 is 0 Å². The Morgan fingerprint density at radius 1 is 0.981 bits per heavy atom. The summed E-state index contributed by atoms with van der Waals surface area (Å²) >= 11 is 0. The van der Waals surface area contributed by atoms with Crippen molar-refractivity contribution in [1.82, 2.24) is 36.1 Å². The van der Waals surface area contributed by atoms with E-state index in [1.807, 2.05) is 38.1 Å². The van der Waals surface area contributed by atoms with E-state index >= 15 is 0 Å². The Hall–Kier alpha value is -4.34. The van der Waals surface area contributed by atoms with Gasteiger partial charge in [-0.15, -0.1) is 0 Å². The summed E-state index contributed by atoms with van der Waals surface area (Å²) in [7, 11) is 3.92. The first-order valence-corrected chi connectivity index (χ1v) is 19.3. The van der Waals surface area contributed by atoms with Gasteiger partial charge in [0.25, 0.3) is 0 Å². The van der Waals surface area contributed by atoms with Gasteiger partial charge < -0.3 is 35.8 Å². The lowest BCUT2D eigenvalue weighted by Crippen LogP contribution is -2.46. The Balaban J connectivity index is 0.000000465. The van der Waals surface area contributed by atoms with Crippen LogP contribution in [0.5, 0.6) is 0 Å². The number of aldehydes is 2. The molecule has 1 aromatic carbocycles. The Bertz CT molecular complexity index is 1450. The molecule has 2 saturated carbocycles. The molecule has 2 unspecified atom stereocenters. The van der Waals surface area contributed by atoms with Crippen molar-refractivity contribution >= 4 is 30.3 Å². The number of aromatic nitrogens is 2. The third kappa shape index (κ3) is 18.8. The van der Waals surface area contributed by atoms with Crippen LogP contribution in [0.3, 0.4) is 0 Å². The molecular formula is C41H63N7O5. The van der Waals surface area contributed by atoms with Crippen molar-refractivity contribution in [2.75, 3.05) is 33.7 Å². The number of nitrogens with zero attached hydrogens (tertiary/aromatic N) is 2. The fraction of sp³-hybridized carbons (Fsp3) is 0.610. The smallest absolute Gasteiger partial charge is 0.237 e. The van der Waals surface area contributed by atoms with Crippen molar-refractivity contribution in [2.45, 2.75) is 111 Å². The number of aromatic amines is 1. The topological polar surface area (TPSA) is 165 Å². The molecule has 5 rings (SSSR count). The van der Waals surface area contributed by atoms with Crippen molar-refractivity contribution in [3.05, 3.63) is 53.1 Å². The Morgan fingerprint density at radius 3 is 2.21 bits per heavy atom. The number of unbranched alkanes of at least 4 members (excludes halogenated alkanes) is 1. The summed E-state index contributed by atoms with van der Waals surface area (Å²) in [6, 6.07) is 8.07. The minimum absolute atomic E-state index is 0.0105. The lowest BCUT2D eigenvalue weighted by Gasteiger charge is -2.19. The molecule has 3 fully saturated rings. The van der Waals surface area contributed by atoms with E-state index in [0.29, 0.717) is 37.8 Å². The van der Waals surface area contributed by atoms with Gasteiger partial charge in [0.2, 0.25) is 17.7 Å². The van der Waals surface area contributed by atoms with Crippen LogP contribution < -0.4 is 21.3 Å². The second-order valence-electron chi connectivity index (χ2n) is 14.2. The largest absolute Gasteiger partial charge is 0.355 e. The first-order chi connectivity index (χ1) is 25.6. The number of imidazole rings is 1. The van der Waals surface area contributed by atoms with Crippen LogP contribution in [0.1, 0.15) is 121 Å². The van der Waals surface area contributed by atoms with E-state index in [1.54, 1.807) is 13.2 Å². The Labute approximate surface area is 316 Å². The Kier molecular flexibility index (Phi) is 21.7. The van der Waals surface area contributed by atoms with Crippen molar-refractivity contribution < 1.29 is 24.0 Å². The molecule has 0 bridgehead atoms. The normalized spacial score (nSPS) is 16.5. The van der Waals surface area contributed by atoms with Crippen LogP contribution in [0.15, 0.2) is 30.5 Å². The summed E-state index contributed by atoms with van der Waals surface area (Å²) in [6.07, 6.45) is 13.3. The molecule has 1 saturated heterocycles. The molecule has 1 aromatic heterocycles. The fourth-order valence-corrected chi connectivity index (χ4v) is 5.32. The van der Waals surface area contributed by atoms with Gasteiger partial charge >= 0.3 is 0 Å². The zero-order chi connectivity index (χ0) is 39.0. The summed E-state index contributed by atoms with van der Waals surface area (Å²) in [5.41, 5.74) is 2.77. The van der Waals surface area contributed by atoms with Crippen LogP contribution in [0, 0.1) is 29.6 Å². The molecule has 3 amide bonds. The highest BCUT2D eigenvalue weighted by molar-refractivity contribution is 5.82. The van der Waals surface area contributed by atoms with Crippen LogP contribution >= 0.6 is 0 Å². The summed E-state index contributed by atoms with van der Waals surface area (Å²) in [6.45, 7) is 10.6. The molecule has 53 heavy (non-hydrogen) atoms. The summed E-state index contributed by atoms with van der Waals surface area (Å²) < 4.78 is 0. The molecular weight excluding hydrogens is 670 g/mol. The van der Waals surface area contributed by atoms with E-state index in [1.165, 1.54) is 12.8 Å². The monoisotopic (exact) mass is 733 g/mol. The van der Waals surface area contributed by atoms with Crippen molar-refractivity contribution in [1.29, 1.82) is 0 Å². The van der Waals surface area contributed by atoms with Crippen molar-refractivity contribution in [3.8, 4) is 11.8 Å². The molecule has 2 aromatic rings. The van der Waals surface area contributed by atoms with Crippen LogP contribution in [-0.2, 0) is 30.5 Å². The second kappa shape index (κ2) is 25.6. The molecule has 5 N–H and O–H groups in total. The van der Waals surface area contributed by atoms with Gasteiger partial charge in [-0.3, -0.25) is 19.3 Å². The van der Waals surface area contributed by atoms with E-state index in [2.05, 4.69) is 68.9 Å². The Morgan fingerprint density at radius 2 is 1.68 bits per heavy atom. The first kappa shape index (κ1) is 44.8. The number of benzene rings is 1. The number of carbonyl (C=O) groups is 5. The molecule has 1 aliphatic heterocycles.